The number of hydrogen-bond donors (Lipinski definition) is 0. The molecule has 1 rings (SSSR count). The summed E-state index contributed by atoms with van der Waals surface area (Å²) >= 11 is 2.82. The molecule has 0 bridgehead atoms. The van der Waals surface area contributed by atoms with Crippen LogP contribution in [0.15, 0.2) is 0 Å². The number of halogens is 6. The van der Waals surface area contributed by atoms with E-state index in [4.69, 9.17) is 0 Å². The van der Waals surface area contributed by atoms with E-state index in [0.717, 1.165) is 0 Å². The van der Waals surface area contributed by atoms with Gasteiger partial charge in [0.1, 0.15) is 0 Å². The highest BCUT2D eigenvalue weighted by molar-refractivity contribution is 9.09. The van der Waals surface area contributed by atoms with Crippen LogP contribution in [0.5, 0.6) is 0 Å². The molecule has 1 unspecified atom stereocenters. The lowest BCUT2D eigenvalue weighted by atomic mass is 9.98. The van der Waals surface area contributed by atoms with Gasteiger partial charge in [-0.15, -0.1) is 0 Å². The first-order valence-electron chi connectivity index (χ1n) is 5.47. The summed E-state index contributed by atoms with van der Waals surface area (Å²) in [6, 6.07) is -1.21. The zero-order chi connectivity index (χ0) is 14.8. The third-order valence-electron chi connectivity index (χ3n) is 2.89. The zero-order valence-corrected chi connectivity index (χ0v) is 11.2. The average molecular weight is 352 g/mol. The van der Waals surface area contributed by atoms with Crippen LogP contribution in [0.4, 0.5) is 22.0 Å². The molecule has 0 aliphatic carbocycles. The Morgan fingerprint density at radius 3 is 2.21 bits per heavy atom. The van der Waals surface area contributed by atoms with Crippen molar-refractivity contribution in [2.75, 3.05) is 11.9 Å². The Morgan fingerprint density at radius 2 is 1.74 bits per heavy atom. The third kappa shape index (κ3) is 3.24. The summed E-state index contributed by atoms with van der Waals surface area (Å²) in [5.74, 6) is -8.39. The van der Waals surface area contributed by atoms with E-state index in [-0.39, 0.29) is 18.3 Å². The smallest absolute Gasteiger partial charge is 0.327 e. The second-order valence-corrected chi connectivity index (χ2v) is 4.74. The van der Waals surface area contributed by atoms with E-state index in [1.54, 1.807) is 0 Å². The number of carbonyl (C=O) groups excluding carboxylic acids is 2. The SMILES string of the molecule is O=C(CBr)C1CCCCN1C(=O)C(F)(F)C(F)(F)F. The highest BCUT2D eigenvalue weighted by Gasteiger charge is 2.65. The van der Waals surface area contributed by atoms with E-state index in [1.807, 2.05) is 0 Å². The number of Topliss-reactive ketones (excluding diaryl/α,β-unsaturated/α-hetero) is 1. The summed E-state index contributed by atoms with van der Waals surface area (Å²) in [4.78, 5) is 23.2. The van der Waals surface area contributed by atoms with Gasteiger partial charge in [0.15, 0.2) is 5.78 Å². The molecule has 0 aromatic carbocycles. The van der Waals surface area contributed by atoms with Gasteiger partial charge < -0.3 is 4.90 Å². The maximum Gasteiger partial charge on any atom is 0.463 e. The lowest BCUT2D eigenvalue weighted by Crippen LogP contribution is -2.58. The van der Waals surface area contributed by atoms with Crippen molar-refractivity contribution in [3.05, 3.63) is 0 Å². The summed E-state index contributed by atoms with van der Waals surface area (Å²) in [6.07, 6.45) is -5.05. The fourth-order valence-corrected chi connectivity index (χ4v) is 2.27. The summed E-state index contributed by atoms with van der Waals surface area (Å²) in [5, 5.41) is -0.195. The number of carbonyl (C=O) groups is 2. The monoisotopic (exact) mass is 351 g/mol. The molecule has 1 saturated heterocycles. The molecule has 1 heterocycles. The lowest BCUT2D eigenvalue weighted by molar-refractivity contribution is -0.275. The minimum absolute atomic E-state index is 0.101. The van der Waals surface area contributed by atoms with Gasteiger partial charge in [-0.2, -0.15) is 22.0 Å². The van der Waals surface area contributed by atoms with E-state index in [9.17, 15) is 31.5 Å². The molecular formula is C10H11BrF5NO2. The van der Waals surface area contributed by atoms with Crippen molar-refractivity contribution in [1.29, 1.82) is 0 Å². The number of piperidine rings is 1. The fourth-order valence-electron chi connectivity index (χ4n) is 1.90. The third-order valence-corrected chi connectivity index (χ3v) is 3.44. The van der Waals surface area contributed by atoms with Gasteiger partial charge in [0.05, 0.1) is 11.4 Å². The van der Waals surface area contributed by atoms with Crippen molar-refractivity contribution < 1.29 is 31.5 Å². The molecule has 0 aromatic rings. The molecule has 1 fully saturated rings. The van der Waals surface area contributed by atoms with Crippen molar-refractivity contribution >= 4 is 27.6 Å². The number of alkyl halides is 6. The number of rotatable bonds is 3. The summed E-state index contributed by atoms with van der Waals surface area (Å²) in [7, 11) is 0. The van der Waals surface area contributed by atoms with Crippen LogP contribution in [0, 0.1) is 0 Å². The Hall–Kier alpha value is -0.730. The fraction of sp³-hybridized carbons (Fsp3) is 0.800. The lowest BCUT2D eigenvalue weighted by Gasteiger charge is -2.36. The predicted octanol–water partition coefficient (Wildman–Crippen LogP) is 2.53. The van der Waals surface area contributed by atoms with Crippen LogP contribution in [0.3, 0.4) is 0 Å². The van der Waals surface area contributed by atoms with Gasteiger partial charge in [0.2, 0.25) is 0 Å². The number of ketones is 1. The minimum atomic E-state index is -5.95. The Morgan fingerprint density at radius 1 is 1.16 bits per heavy atom. The normalized spacial score (nSPS) is 21.4. The molecule has 110 valence electrons. The van der Waals surface area contributed by atoms with E-state index < -0.39 is 29.8 Å². The highest BCUT2D eigenvalue weighted by atomic mass is 79.9. The molecule has 0 spiro atoms. The molecule has 0 saturated carbocycles. The quantitative estimate of drug-likeness (QED) is 0.578. The van der Waals surface area contributed by atoms with Crippen LogP contribution in [0.2, 0.25) is 0 Å². The number of likely N-dealkylation sites (tertiary alicyclic amines) is 1. The molecule has 0 N–H and O–H groups in total. The topological polar surface area (TPSA) is 37.4 Å². The van der Waals surface area contributed by atoms with Crippen molar-refractivity contribution in [3.8, 4) is 0 Å². The van der Waals surface area contributed by atoms with Crippen LogP contribution in [-0.4, -0.2) is 46.6 Å². The van der Waals surface area contributed by atoms with Crippen LogP contribution < -0.4 is 0 Å². The molecule has 19 heavy (non-hydrogen) atoms. The van der Waals surface area contributed by atoms with Crippen LogP contribution in [0.1, 0.15) is 19.3 Å². The molecule has 1 aliphatic heterocycles. The summed E-state index contributed by atoms with van der Waals surface area (Å²) in [5.41, 5.74) is 0. The summed E-state index contributed by atoms with van der Waals surface area (Å²) < 4.78 is 62.5. The number of nitrogens with zero attached hydrogens (tertiary/aromatic N) is 1. The Labute approximate surface area is 114 Å². The van der Waals surface area contributed by atoms with Crippen molar-refractivity contribution in [2.24, 2.45) is 0 Å². The molecule has 1 atom stereocenters. The molecule has 0 aromatic heterocycles. The Bertz CT molecular complexity index is 371. The standard InChI is InChI=1S/C10H11BrF5NO2/c11-5-7(18)6-3-1-2-4-17(6)8(19)9(12,13)10(14,15)16/h6H,1-5H2. The zero-order valence-electron chi connectivity index (χ0n) is 9.64. The van der Waals surface area contributed by atoms with Gasteiger partial charge in [-0.1, -0.05) is 15.9 Å². The first-order chi connectivity index (χ1) is 8.63. The van der Waals surface area contributed by atoms with Gasteiger partial charge >= 0.3 is 18.0 Å². The van der Waals surface area contributed by atoms with E-state index in [2.05, 4.69) is 15.9 Å². The number of hydrogen-bond acceptors (Lipinski definition) is 2. The highest BCUT2D eigenvalue weighted by Crippen LogP contribution is 2.38. The predicted molar refractivity (Wildman–Crippen MR) is 59.2 cm³/mol. The van der Waals surface area contributed by atoms with Gasteiger partial charge in [0, 0.05) is 6.54 Å². The van der Waals surface area contributed by atoms with Gasteiger partial charge in [-0.05, 0) is 19.3 Å². The summed E-state index contributed by atoms with van der Waals surface area (Å²) in [6.45, 7) is -0.270. The first kappa shape index (κ1) is 16.3. The van der Waals surface area contributed by atoms with Gasteiger partial charge in [-0.3, -0.25) is 9.59 Å². The Balaban J connectivity index is 2.98. The number of amides is 1. The largest absolute Gasteiger partial charge is 0.463 e. The van der Waals surface area contributed by atoms with Crippen LogP contribution in [0.25, 0.3) is 0 Å². The van der Waals surface area contributed by atoms with Crippen molar-refractivity contribution in [2.45, 2.75) is 37.4 Å². The average Bonchev–Trinajstić information content (AvgIpc) is 2.35. The maximum absolute atomic E-state index is 13.0. The first-order valence-corrected chi connectivity index (χ1v) is 6.59. The molecule has 1 aliphatic rings. The van der Waals surface area contributed by atoms with Gasteiger partial charge in [-0.25, -0.2) is 0 Å². The van der Waals surface area contributed by atoms with Crippen molar-refractivity contribution in [1.82, 2.24) is 4.90 Å². The van der Waals surface area contributed by atoms with Crippen LogP contribution in [-0.2, 0) is 9.59 Å². The van der Waals surface area contributed by atoms with E-state index >= 15 is 0 Å². The molecule has 9 heteroatoms. The minimum Gasteiger partial charge on any atom is -0.327 e. The molecule has 3 nitrogen and oxygen atoms in total. The van der Waals surface area contributed by atoms with Crippen LogP contribution >= 0.6 is 15.9 Å². The molecule has 1 amide bonds. The Kier molecular flexibility index (Phi) is 4.91. The van der Waals surface area contributed by atoms with E-state index in [0.29, 0.717) is 17.7 Å². The van der Waals surface area contributed by atoms with Gasteiger partial charge in [0.25, 0.3) is 0 Å². The second kappa shape index (κ2) is 5.72. The second-order valence-electron chi connectivity index (χ2n) is 4.18. The molecule has 0 radical (unpaired) electrons. The van der Waals surface area contributed by atoms with Crippen molar-refractivity contribution in [3.63, 3.8) is 0 Å². The maximum atomic E-state index is 13.0. The van der Waals surface area contributed by atoms with E-state index in [1.165, 1.54) is 0 Å². The molecular weight excluding hydrogens is 341 g/mol.